The molecule has 0 radical (unpaired) electrons. The third-order valence-corrected chi connectivity index (χ3v) is 5.25. The van der Waals surface area contributed by atoms with Crippen LogP contribution in [0.1, 0.15) is 24.1 Å². The fourth-order valence-corrected chi connectivity index (χ4v) is 3.71. The Morgan fingerprint density at radius 3 is 2.85 bits per heavy atom. The van der Waals surface area contributed by atoms with Crippen LogP contribution in [0.4, 0.5) is 5.69 Å². The number of hydrogen-bond donors (Lipinski definition) is 1. The number of nitrogens with zero attached hydrogens (tertiary/aromatic N) is 2. The summed E-state index contributed by atoms with van der Waals surface area (Å²) in [5, 5.41) is 0. The lowest BCUT2D eigenvalue weighted by Crippen LogP contribution is -2.38. The van der Waals surface area contributed by atoms with Crippen molar-refractivity contribution in [2.45, 2.75) is 25.4 Å². The van der Waals surface area contributed by atoms with Crippen molar-refractivity contribution in [3.63, 3.8) is 0 Å². The van der Waals surface area contributed by atoms with Crippen molar-refractivity contribution in [3.8, 4) is 0 Å². The summed E-state index contributed by atoms with van der Waals surface area (Å²) in [6.07, 6.45) is 3.31. The fourth-order valence-electron chi connectivity index (χ4n) is 3.00. The highest BCUT2D eigenvalue weighted by molar-refractivity contribution is 7.98. The first-order chi connectivity index (χ1) is 9.58. The molecule has 0 bridgehead atoms. The van der Waals surface area contributed by atoms with Crippen molar-refractivity contribution in [2.75, 3.05) is 44.1 Å². The molecule has 1 heterocycles. The van der Waals surface area contributed by atoms with Crippen LogP contribution in [-0.4, -0.2) is 50.1 Å². The van der Waals surface area contributed by atoms with E-state index in [9.17, 15) is 0 Å². The Morgan fingerprint density at radius 1 is 1.45 bits per heavy atom. The summed E-state index contributed by atoms with van der Waals surface area (Å²) in [4.78, 5) is 4.74. The van der Waals surface area contributed by atoms with E-state index in [0.29, 0.717) is 18.6 Å². The van der Waals surface area contributed by atoms with E-state index in [4.69, 9.17) is 5.73 Å². The topological polar surface area (TPSA) is 32.5 Å². The largest absolute Gasteiger partial charge is 0.374 e. The number of rotatable bonds is 6. The molecule has 0 saturated heterocycles. The SMILES string of the molecule is CSCC(C)N(C)C(CN)c1ccc2c(c1)CCN2C. The molecule has 2 N–H and O–H groups in total. The second-order valence-corrected chi connectivity index (χ2v) is 6.69. The zero-order valence-corrected chi connectivity index (χ0v) is 13.9. The molecule has 2 rings (SSSR count). The Hall–Kier alpha value is -0.710. The van der Waals surface area contributed by atoms with Crippen molar-refractivity contribution < 1.29 is 0 Å². The first-order valence-electron chi connectivity index (χ1n) is 7.33. The minimum atomic E-state index is 0.313. The minimum Gasteiger partial charge on any atom is -0.374 e. The lowest BCUT2D eigenvalue weighted by molar-refractivity contribution is 0.204. The van der Waals surface area contributed by atoms with Gasteiger partial charge in [-0.2, -0.15) is 11.8 Å². The minimum absolute atomic E-state index is 0.313. The molecule has 0 spiro atoms. The van der Waals surface area contributed by atoms with E-state index in [1.54, 1.807) is 0 Å². The second kappa shape index (κ2) is 6.83. The summed E-state index contributed by atoms with van der Waals surface area (Å²) < 4.78 is 0. The van der Waals surface area contributed by atoms with Gasteiger partial charge in [-0.15, -0.1) is 0 Å². The summed E-state index contributed by atoms with van der Waals surface area (Å²) in [7, 11) is 4.36. The van der Waals surface area contributed by atoms with Crippen molar-refractivity contribution in [1.82, 2.24) is 4.90 Å². The molecule has 0 saturated carbocycles. The molecule has 2 unspecified atom stereocenters. The highest BCUT2D eigenvalue weighted by Crippen LogP contribution is 2.31. The van der Waals surface area contributed by atoms with Crippen molar-refractivity contribution in [1.29, 1.82) is 0 Å². The fraction of sp³-hybridized carbons (Fsp3) is 0.625. The van der Waals surface area contributed by atoms with Crippen LogP contribution in [0.25, 0.3) is 0 Å². The van der Waals surface area contributed by atoms with Gasteiger partial charge in [-0.3, -0.25) is 4.90 Å². The smallest absolute Gasteiger partial charge is 0.0470 e. The maximum absolute atomic E-state index is 6.05. The van der Waals surface area contributed by atoms with E-state index in [0.717, 1.165) is 18.7 Å². The maximum Gasteiger partial charge on any atom is 0.0470 e. The predicted octanol–water partition coefficient (Wildman–Crippen LogP) is 2.36. The molecule has 0 aromatic heterocycles. The van der Waals surface area contributed by atoms with Gasteiger partial charge in [0.1, 0.15) is 0 Å². The molecule has 1 aliphatic rings. The number of thioether (sulfide) groups is 1. The summed E-state index contributed by atoms with van der Waals surface area (Å²) in [5.74, 6) is 1.14. The van der Waals surface area contributed by atoms with E-state index < -0.39 is 0 Å². The molecule has 3 nitrogen and oxygen atoms in total. The van der Waals surface area contributed by atoms with Crippen molar-refractivity contribution in [2.24, 2.45) is 5.73 Å². The first-order valence-corrected chi connectivity index (χ1v) is 8.72. The molecule has 4 heteroatoms. The number of benzene rings is 1. The van der Waals surface area contributed by atoms with Gasteiger partial charge in [0.05, 0.1) is 0 Å². The number of fused-ring (bicyclic) bond motifs is 1. The Bertz CT molecular complexity index is 449. The summed E-state index contributed by atoms with van der Waals surface area (Å²) in [6, 6.07) is 7.72. The van der Waals surface area contributed by atoms with Gasteiger partial charge in [-0.25, -0.2) is 0 Å². The molecule has 20 heavy (non-hydrogen) atoms. The van der Waals surface area contributed by atoms with E-state index >= 15 is 0 Å². The summed E-state index contributed by atoms with van der Waals surface area (Å²) >= 11 is 1.89. The van der Waals surface area contributed by atoms with Crippen LogP contribution in [0.2, 0.25) is 0 Å². The highest BCUT2D eigenvalue weighted by Gasteiger charge is 2.22. The van der Waals surface area contributed by atoms with E-state index in [2.05, 4.69) is 55.3 Å². The second-order valence-electron chi connectivity index (χ2n) is 5.78. The van der Waals surface area contributed by atoms with Crippen LogP contribution >= 0.6 is 11.8 Å². The average molecular weight is 293 g/mol. The van der Waals surface area contributed by atoms with Crippen LogP contribution < -0.4 is 10.6 Å². The molecule has 2 atom stereocenters. The monoisotopic (exact) mass is 293 g/mol. The number of likely N-dealkylation sites (N-methyl/N-ethyl adjacent to an activating group) is 2. The Kier molecular flexibility index (Phi) is 5.35. The molecule has 1 aromatic carbocycles. The number of hydrogen-bond acceptors (Lipinski definition) is 4. The Labute approximate surface area is 127 Å². The van der Waals surface area contributed by atoms with Crippen LogP contribution in [-0.2, 0) is 6.42 Å². The van der Waals surface area contributed by atoms with E-state index in [1.165, 1.54) is 16.8 Å². The van der Waals surface area contributed by atoms with E-state index in [-0.39, 0.29) is 0 Å². The molecule has 0 fully saturated rings. The van der Waals surface area contributed by atoms with Gasteiger partial charge in [-0.1, -0.05) is 12.1 Å². The number of nitrogens with two attached hydrogens (primary N) is 1. The summed E-state index contributed by atoms with van der Waals surface area (Å²) in [5.41, 5.74) is 10.3. The van der Waals surface area contributed by atoms with E-state index in [1.807, 2.05) is 11.8 Å². The summed E-state index contributed by atoms with van der Waals surface area (Å²) in [6.45, 7) is 4.08. The zero-order chi connectivity index (χ0) is 14.7. The molecule has 1 aliphatic heterocycles. The van der Waals surface area contributed by atoms with Gasteiger partial charge in [0.2, 0.25) is 0 Å². The van der Waals surface area contributed by atoms with Crippen LogP contribution in [0, 0.1) is 0 Å². The van der Waals surface area contributed by atoms with Crippen LogP contribution in [0.3, 0.4) is 0 Å². The lowest BCUT2D eigenvalue weighted by atomic mass is 10.0. The van der Waals surface area contributed by atoms with Gasteiger partial charge < -0.3 is 10.6 Å². The van der Waals surface area contributed by atoms with Gasteiger partial charge >= 0.3 is 0 Å². The number of anilines is 1. The van der Waals surface area contributed by atoms with Crippen LogP contribution in [0.15, 0.2) is 18.2 Å². The van der Waals surface area contributed by atoms with Crippen molar-refractivity contribution >= 4 is 17.4 Å². The lowest BCUT2D eigenvalue weighted by Gasteiger charge is -2.32. The quantitative estimate of drug-likeness (QED) is 0.873. The predicted molar refractivity (Wildman–Crippen MR) is 90.8 cm³/mol. The highest BCUT2D eigenvalue weighted by atomic mass is 32.2. The van der Waals surface area contributed by atoms with Crippen molar-refractivity contribution in [3.05, 3.63) is 29.3 Å². The molecule has 1 aromatic rings. The van der Waals surface area contributed by atoms with Gasteiger partial charge in [-0.05, 0) is 43.8 Å². The third kappa shape index (κ3) is 3.13. The zero-order valence-electron chi connectivity index (χ0n) is 13.1. The van der Waals surface area contributed by atoms with Gasteiger partial charge in [0, 0.05) is 43.7 Å². The third-order valence-electron chi connectivity index (χ3n) is 4.43. The maximum atomic E-state index is 6.05. The molecule has 112 valence electrons. The standard InChI is InChI=1S/C16H27N3S/c1-12(11-20-4)19(3)16(10-17)13-5-6-15-14(9-13)7-8-18(15)2/h5-6,9,12,16H,7-8,10-11,17H2,1-4H3. The normalized spacial score (nSPS) is 17.4. The molecule has 0 amide bonds. The molecular formula is C16H27N3S. The molecule has 0 aliphatic carbocycles. The Balaban J connectivity index is 2.20. The average Bonchev–Trinajstić information content (AvgIpc) is 2.81. The van der Waals surface area contributed by atoms with Gasteiger partial charge in [0.15, 0.2) is 0 Å². The molecular weight excluding hydrogens is 266 g/mol. The van der Waals surface area contributed by atoms with Gasteiger partial charge in [0.25, 0.3) is 0 Å². The first kappa shape index (κ1) is 15.7. The van der Waals surface area contributed by atoms with Crippen LogP contribution in [0.5, 0.6) is 0 Å². The Morgan fingerprint density at radius 2 is 2.20 bits per heavy atom.